The number of aromatic nitrogens is 2. The molecular formula is C22H31N5O2. The van der Waals surface area contributed by atoms with Gasteiger partial charge in [0.15, 0.2) is 5.96 Å². The van der Waals surface area contributed by atoms with Gasteiger partial charge in [0, 0.05) is 38.6 Å². The number of hydrogen-bond acceptors (Lipinski definition) is 4. The van der Waals surface area contributed by atoms with Crippen molar-refractivity contribution in [2.75, 3.05) is 33.3 Å². The lowest BCUT2D eigenvalue weighted by molar-refractivity contribution is 0.0600. The number of piperidine rings is 1. The van der Waals surface area contributed by atoms with E-state index in [2.05, 4.69) is 33.6 Å². The highest BCUT2D eigenvalue weighted by Gasteiger charge is 2.28. The summed E-state index contributed by atoms with van der Waals surface area (Å²) in [6, 6.07) is 7.94. The number of imidazole rings is 1. The van der Waals surface area contributed by atoms with Crippen molar-refractivity contribution in [3.8, 4) is 0 Å². The van der Waals surface area contributed by atoms with Crippen molar-refractivity contribution in [3.05, 3.63) is 54.1 Å². The molecule has 0 bridgehead atoms. The van der Waals surface area contributed by atoms with E-state index in [0.29, 0.717) is 24.1 Å². The van der Waals surface area contributed by atoms with E-state index in [1.807, 2.05) is 30.9 Å². The van der Waals surface area contributed by atoms with E-state index >= 15 is 0 Å². The van der Waals surface area contributed by atoms with Gasteiger partial charge in [-0.15, -0.1) is 0 Å². The molecule has 0 amide bonds. The van der Waals surface area contributed by atoms with E-state index in [-0.39, 0.29) is 5.97 Å². The second kappa shape index (κ2) is 10.1. The first-order valence-corrected chi connectivity index (χ1v) is 10.3. The third-order valence-corrected chi connectivity index (χ3v) is 5.50. The number of guanidine groups is 1. The zero-order chi connectivity index (χ0) is 20.6. The highest BCUT2D eigenvalue weighted by molar-refractivity contribution is 5.89. The predicted molar refractivity (Wildman–Crippen MR) is 114 cm³/mol. The van der Waals surface area contributed by atoms with Crippen molar-refractivity contribution < 1.29 is 9.53 Å². The summed E-state index contributed by atoms with van der Waals surface area (Å²) < 4.78 is 6.96. The van der Waals surface area contributed by atoms with Crippen LogP contribution in [-0.2, 0) is 11.2 Å². The number of carbonyl (C=O) groups is 1. The maximum absolute atomic E-state index is 11.5. The Balaban J connectivity index is 1.62. The predicted octanol–water partition coefficient (Wildman–Crippen LogP) is 2.76. The van der Waals surface area contributed by atoms with Crippen molar-refractivity contribution in [2.45, 2.75) is 32.7 Å². The molecule has 29 heavy (non-hydrogen) atoms. The Morgan fingerprint density at radius 3 is 2.79 bits per heavy atom. The van der Waals surface area contributed by atoms with Gasteiger partial charge in [-0.1, -0.05) is 19.1 Å². The van der Waals surface area contributed by atoms with E-state index in [1.165, 1.54) is 7.11 Å². The molecular weight excluding hydrogens is 366 g/mol. The fourth-order valence-electron chi connectivity index (χ4n) is 3.74. The Morgan fingerprint density at radius 1 is 1.34 bits per heavy atom. The largest absolute Gasteiger partial charge is 0.465 e. The van der Waals surface area contributed by atoms with Crippen LogP contribution in [0.4, 0.5) is 0 Å². The first-order valence-electron chi connectivity index (χ1n) is 10.3. The van der Waals surface area contributed by atoms with Gasteiger partial charge in [-0.3, -0.25) is 4.99 Å². The van der Waals surface area contributed by atoms with Gasteiger partial charge < -0.3 is 19.5 Å². The minimum Gasteiger partial charge on any atom is -0.465 e. The van der Waals surface area contributed by atoms with E-state index in [1.54, 1.807) is 12.1 Å². The molecule has 0 radical (unpaired) electrons. The van der Waals surface area contributed by atoms with Gasteiger partial charge in [0.1, 0.15) is 0 Å². The number of methoxy groups -OCH3 is 1. The minimum atomic E-state index is -0.309. The molecule has 0 aliphatic carbocycles. The fraction of sp³-hybridized carbons (Fsp3) is 0.500. The zero-order valence-electron chi connectivity index (χ0n) is 17.5. The van der Waals surface area contributed by atoms with E-state index in [4.69, 9.17) is 9.73 Å². The number of hydrogen-bond donors (Lipinski definition) is 1. The fourth-order valence-corrected chi connectivity index (χ4v) is 3.74. The summed E-state index contributed by atoms with van der Waals surface area (Å²) in [5, 5.41) is 3.44. The van der Waals surface area contributed by atoms with Gasteiger partial charge in [0.25, 0.3) is 0 Å². The Labute approximate surface area is 172 Å². The van der Waals surface area contributed by atoms with Crippen LogP contribution in [0.25, 0.3) is 0 Å². The van der Waals surface area contributed by atoms with Crippen LogP contribution in [0.5, 0.6) is 0 Å². The molecule has 1 saturated heterocycles. The molecule has 2 aromatic rings. The van der Waals surface area contributed by atoms with E-state index < -0.39 is 0 Å². The second-order valence-electron chi connectivity index (χ2n) is 7.46. The van der Waals surface area contributed by atoms with Crippen LogP contribution in [0.1, 0.15) is 42.2 Å². The molecule has 2 atom stereocenters. The number of benzene rings is 1. The summed E-state index contributed by atoms with van der Waals surface area (Å²) in [5.41, 5.74) is 1.72. The molecule has 2 heterocycles. The monoisotopic (exact) mass is 397 g/mol. The lowest BCUT2D eigenvalue weighted by Crippen LogP contribution is -2.49. The zero-order valence-corrected chi connectivity index (χ0v) is 17.5. The van der Waals surface area contributed by atoms with Gasteiger partial charge in [0.05, 0.1) is 25.0 Å². The van der Waals surface area contributed by atoms with Crippen molar-refractivity contribution >= 4 is 11.9 Å². The summed E-state index contributed by atoms with van der Waals surface area (Å²) in [6.07, 6.45) is 7.75. The minimum absolute atomic E-state index is 0.309. The molecule has 1 aliphatic rings. The molecule has 7 nitrogen and oxygen atoms in total. The maximum Gasteiger partial charge on any atom is 0.337 e. The van der Waals surface area contributed by atoms with Crippen LogP contribution in [-0.4, -0.2) is 59.7 Å². The standard InChI is InChI=1S/C22H31N5O2/c1-4-24-22(25-11-9-18-5-7-19(8-6-18)21(28)29-3)26-13-10-17(2)20(15-26)27-14-12-23-16-27/h5-8,12,14,16-17,20H,4,9-11,13,15H2,1-3H3,(H,24,25). The Bertz CT molecular complexity index is 801. The quantitative estimate of drug-likeness (QED) is 0.461. The van der Waals surface area contributed by atoms with Crippen LogP contribution >= 0.6 is 0 Å². The molecule has 3 rings (SSSR count). The third kappa shape index (κ3) is 5.37. The summed E-state index contributed by atoms with van der Waals surface area (Å²) in [4.78, 5) is 23.0. The number of ether oxygens (including phenoxy) is 1. The molecule has 1 fully saturated rings. The molecule has 1 aromatic heterocycles. The Hall–Kier alpha value is -2.83. The molecule has 0 saturated carbocycles. The maximum atomic E-state index is 11.5. The van der Waals surface area contributed by atoms with Crippen LogP contribution in [0, 0.1) is 5.92 Å². The lowest BCUT2D eigenvalue weighted by Gasteiger charge is -2.39. The van der Waals surface area contributed by atoms with Gasteiger partial charge in [-0.05, 0) is 43.4 Å². The summed E-state index contributed by atoms with van der Waals surface area (Å²) in [5.74, 6) is 1.27. The van der Waals surface area contributed by atoms with Crippen molar-refractivity contribution in [2.24, 2.45) is 10.9 Å². The van der Waals surface area contributed by atoms with Crippen LogP contribution in [0.15, 0.2) is 48.0 Å². The number of nitrogens with zero attached hydrogens (tertiary/aromatic N) is 4. The Morgan fingerprint density at radius 2 is 2.14 bits per heavy atom. The average Bonchev–Trinajstić information content (AvgIpc) is 3.28. The summed E-state index contributed by atoms with van der Waals surface area (Å²) in [6.45, 7) is 7.88. The number of rotatable bonds is 6. The smallest absolute Gasteiger partial charge is 0.337 e. The van der Waals surface area contributed by atoms with Gasteiger partial charge in [-0.25, -0.2) is 9.78 Å². The number of nitrogens with one attached hydrogen (secondary N) is 1. The normalized spacial score (nSPS) is 19.8. The third-order valence-electron chi connectivity index (χ3n) is 5.50. The van der Waals surface area contributed by atoms with Crippen LogP contribution in [0.3, 0.4) is 0 Å². The number of carbonyl (C=O) groups excluding carboxylic acids is 1. The topological polar surface area (TPSA) is 71.8 Å². The molecule has 1 aromatic carbocycles. The summed E-state index contributed by atoms with van der Waals surface area (Å²) in [7, 11) is 1.39. The van der Waals surface area contributed by atoms with Gasteiger partial charge in [-0.2, -0.15) is 0 Å². The molecule has 2 unspecified atom stereocenters. The number of aliphatic imine (C=N–C) groups is 1. The van der Waals surface area contributed by atoms with Crippen LogP contribution < -0.4 is 5.32 Å². The number of esters is 1. The second-order valence-corrected chi connectivity index (χ2v) is 7.46. The van der Waals surface area contributed by atoms with Crippen molar-refractivity contribution in [1.82, 2.24) is 19.8 Å². The molecule has 156 valence electrons. The van der Waals surface area contributed by atoms with E-state index in [9.17, 15) is 4.79 Å². The van der Waals surface area contributed by atoms with E-state index in [0.717, 1.165) is 44.0 Å². The first kappa shape index (κ1) is 20.9. The SMILES string of the molecule is CCNC(=NCCc1ccc(C(=O)OC)cc1)N1CCC(C)C(n2ccnc2)C1. The van der Waals surface area contributed by atoms with Crippen molar-refractivity contribution in [1.29, 1.82) is 0 Å². The highest BCUT2D eigenvalue weighted by Crippen LogP contribution is 2.27. The average molecular weight is 398 g/mol. The van der Waals surface area contributed by atoms with Crippen molar-refractivity contribution in [3.63, 3.8) is 0 Å². The molecule has 7 heteroatoms. The van der Waals surface area contributed by atoms with Crippen LogP contribution in [0.2, 0.25) is 0 Å². The molecule has 1 N–H and O–H groups in total. The summed E-state index contributed by atoms with van der Waals surface area (Å²) >= 11 is 0. The first-order chi connectivity index (χ1) is 14.1. The van der Waals surface area contributed by atoms with Gasteiger partial charge >= 0.3 is 5.97 Å². The Kier molecular flexibility index (Phi) is 7.27. The highest BCUT2D eigenvalue weighted by atomic mass is 16.5. The lowest BCUT2D eigenvalue weighted by atomic mass is 9.93. The van der Waals surface area contributed by atoms with Gasteiger partial charge in [0.2, 0.25) is 0 Å². The molecule has 1 aliphatic heterocycles. The molecule has 0 spiro atoms. The number of likely N-dealkylation sites (tertiary alicyclic amines) is 1.